The molecule has 0 saturated carbocycles. The number of carbonyl (C=O) groups is 2. The Balaban J connectivity index is 2.09. The molecule has 0 unspecified atom stereocenters. The average Bonchev–Trinajstić information content (AvgIpc) is 2.92. The minimum absolute atomic E-state index is 0.0948. The maximum Gasteiger partial charge on any atom is 0.312 e. The SMILES string of the molecule is O=C(C(=O)N1CCCCC[C@H]1CO)N1CCCCC[C@H]1CO. The molecule has 2 aliphatic heterocycles. The number of hydrogen-bond donors (Lipinski definition) is 2. The summed E-state index contributed by atoms with van der Waals surface area (Å²) in [6.45, 7) is 0.881. The van der Waals surface area contributed by atoms with Crippen LogP contribution in [0.2, 0.25) is 0 Å². The van der Waals surface area contributed by atoms with E-state index in [1.165, 1.54) is 0 Å². The second-order valence-corrected chi connectivity index (χ2v) is 6.37. The first kappa shape index (κ1) is 17.2. The predicted octanol–water partition coefficient (Wildman–Crippen LogP) is 0.513. The molecule has 0 aromatic heterocycles. The Kier molecular flexibility index (Phi) is 6.64. The van der Waals surface area contributed by atoms with Gasteiger partial charge in [-0.3, -0.25) is 9.59 Å². The zero-order chi connectivity index (χ0) is 15.9. The first-order valence-corrected chi connectivity index (χ1v) is 8.52. The van der Waals surface area contributed by atoms with Crippen molar-refractivity contribution in [3.8, 4) is 0 Å². The molecule has 0 aromatic rings. The van der Waals surface area contributed by atoms with E-state index < -0.39 is 11.8 Å². The molecular weight excluding hydrogens is 284 g/mol. The van der Waals surface area contributed by atoms with Crippen molar-refractivity contribution in [2.24, 2.45) is 0 Å². The Hall–Kier alpha value is -1.14. The molecule has 0 aliphatic carbocycles. The largest absolute Gasteiger partial charge is 0.394 e. The predicted molar refractivity (Wildman–Crippen MR) is 82.1 cm³/mol. The number of carbonyl (C=O) groups excluding carboxylic acids is 2. The summed E-state index contributed by atoms with van der Waals surface area (Å²) < 4.78 is 0. The fourth-order valence-electron chi connectivity index (χ4n) is 3.51. The van der Waals surface area contributed by atoms with Crippen LogP contribution in [-0.4, -0.2) is 70.2 Å². The maximum atomic E-state index is 12.6. The second-order valence-electron chi connectivity index (χ2n) is 6.37. The minimum atomic E-state index is -0.513. The van der Waals surface area contributed by atoms with Crippen molar-refractivity contribution in [2.75, 3.05) is 26.3 Å². The molecule has 2 rings (SSSR count). The summed E-state index contributed by atoms with van der Waals surface area (Å²) in [7, 11) is 0. The van der Waals surface area contributed by atoms with Gasteiger partial charge < -0.3 is 20.0 Å². The number of aliphatic hydroxyl groups excluding tert-OH is 2. The van der Waals surface area contributed by atoms with Crippen LogP contribution in [0.3, 0.4) is 0 Å². The molecule has 2 atom stereocenters. The van der Waals surface area contributed by atoms with Gasteiger partial charge in [-0.1, -0.05) is 25.7 Å². The van der Waals surface area contributed by atoms with Gasteiger partial charge in [-0.15, -0.1) is 0 Å². The van der Waals surface area contributed by atoms with Crippen molar-refractivity contribution in [2.45, 2.75) is 63.5 Å². The molecule has 126 valence electrons. The fourth-order valence-corrected chi connectivity index (χ4v) is 3.51. The van der Waals surface area contributed by atoms with Crippen LogP contribution in [-0.2, 0) is 9.59 Å². The van der Waals surface area contributed by atoms with Gasteiger partial charge in [0.1, 0.15) is 0 Å². The third-order valence-corrected chi connectivity index (χ3v) is 4.88. The van der Waals surface area contributed by atoms with Crippen molar-refractivity contribution >= 4 is 11.8 Å². The standard InChI is InChI=1S/C16H28N2O4/c19-11-13-7-3-1-5-9-17(13)15(21)16(22)18-10-6-2-4-8-14(18)12-20/h13-14,19-20H,1-12H2/t13-,14-/m0/s1. The van der Waals surface area contributed by atoms with Crippen LogP contribution in [0.5, 0.6) is 0 Å². The van der Waals surface area contributed by atoms with Crippen LogP contribution < -0.4 is 0 Å². The van der Waals surface area contributed by atoms with Crippen molar-refractivity contribution in [1.82, 2.24) is 9.80 Å². The molecular formula is C16H28N2O4. The van der Waals surface area contributed by atoms with E-state index in [0.29, 0.717) is 13.1 Å². The molecule has 2 saturated heterocycles. The highest BCUT2D eigenvalue weighted by atomic mass is 16.3. The molecule has 0 bridgehead atoms. The van der Waals surface area contributed by atoms with E-state index >= 15 is 0 Å². The van der Waals surface area contributed by atoms with Crippen LogP contribution in [0.4, 0.5) is 0 Å². The summed E-state index contributed by atoms with van der Waals surface area (Å²) in [5.74, 6) is -1.03. The van der Waals surface area contributed by atoms with E-state index in [-0.39, 0.29) is 25.3 Å². The molecule has 2 heterocycles. The quantitative estimate of drug-likeness (QED) is 0.728. The number of rotatable bonds is 2. The van der Waals surface area contributed by atoms with Gasteiger partial charge in [0.25, 0.3) is 0 Å². The maximum absolute atomic E-state index is 12.6. The first-order chi connectivity index (χ1) is 10.7. The lowest BCUT2D eigenvalue weighted by Crippen LogP contribution is -2.53. The van der Waals surface area contributed by atoms with Gasteiger partial charge in [0.05, 0.1) is 25.3 Å². The summed E-state index contributed by atoms with van der Waals surface area (Å²) in [6, 6.07) is -0.503. The third-order valence-electron chi connectivity index (χ3n) is 4.88. The fraction of sp³-hybridized carbons (Fsp3) is 0.875. The van der Waals surface area contributed by atoms with Crippen molar-refractivity contribution in [1.29, 1.82) is 0 Å². The summed E-state index contributed by atoms with van der Waals surface area (Å²) in [6.07, 6.45) is 7.25. The lowest BCUT2D eigenvalue weighted by molar-refractivity contribution is -0.155. The summed E-state index contributed by atoms with van der Waals surface area (Å²) in [5, 5.41) is 19.0. The van der Waals surface area contributed by atoms with E-state index in [0.717, 1.165) is 51.4 Å². The number of hydrogen-bond acceptors (Lipinski definition) is 4. The molecule has 0 aromatic carbocycles. The Bertz CT molecular complexity index is 352. The summed E-state index contributed by atoms with van der Waals surface area (Å²) in [5.41, 5.74) is 0. The first-order valence-electron chi connectivity index (χ1n) is 8.52. The average molecular weight is 312 g/mol. The van der Waals surface area contributed by atoms with Gasteiger partial charge in [0.15, 0.2) is 0 Å². The van der Waals surface area contributed by atoms with Crippen LogP contribution in [0.15, 0.2) is 0 Å². The van der Waals surface area contributed by atoms with Crippen LogP contribution in [0.25, 0.3) is 0 Å². The van der Waals surface area contributed by atoms with E-state index in [2.05, 4.69) is 0 Å². The van der Waals surface area contributed by atoms with Gasteiger partial charge in [-0.05, 0) is 25.7 Å². The molecule has 0 radical (unpaired) electrons. The zero-order valence-electron chi connectivity index (χ0n) is 13.2. The zero-order valence-corrected chi connectivity index (χ0v) is 13.2. The highest BCUT2D eigenvalue weighted by Gasteiger charge is 2.35. The second kappa shape index (κ2) is 8.48. The van der Waals surface area contributed by atoms with Crippen LogP contribution in [0.1, 0.15) is 51.4 Å². The Morgan fingerprint density at radius 2 is 1.14 bits per heavy atom. The molecule has 6 nitrogen and oxygen atoms in total. The monoisotopic (exact) mass is 312 g/mol. The number of likely N-dealkylation sites (tertiary alicyclic amines) is 2. The summed E-state index contributed by atoms with van der Waals surface area (Å²) >= 11 is 0. The van der Waals surface area contributed by atoms with Crippen LogP contribution >= 0.6 is 0 Å². The van der Waals surface area contributed by atoms with Crippen LogP contribution in [0, 0.1) is 0 Å². The Morgan fingerprint density at radius 3 is 1.50 bits per heavy atom. The summed E-state index contributed by atoms with van der Waals surface area (Å²) in [4.78, 5) is 28.4. The lowest BCUT2D eigenvalue weighted by Gasteiger charge is -2.33. The normalized spacial score (nSPS) is 27.2. The van der Waals surface area contributed by atoms with Gasteiger partial charge in [-0.2, -0.15) is 0 Å². The minimum Gasteiger partial charge on any atom is -0.394 e. The lowest BCUT2D eigenvalue weighted by atomic mass is 10.1. The molecule has 6 heteroatoms. The molecule has 2 N–H and O–H groups in total. The van der Waals surface area contributed by atoms with Gasteiger partial charge in [-0.25, -0.2) is 0 Å². The topological polar surface area (TPSA) is 81.1 Å². The van der Waals surface area contributed by atoms with Gasteiger partial charge in [0, 0.05) is 13.1 Å². The van der Waals surface area contributed by atoms with Crippen molar-refractivity contribution in [3.63, 3.8) is 0 Å². The molecule has 0 spiro atoms. The van der Waals surface area contributed by atoms with E-state index in [4.69, 9.17) is 0 Å². The molecule has 2 fully saturated rings. The smallest absolute Gasteiger partial charge is 0.312 e. The Morgan fingerprint density at radius 1 is 0.727 bits per heavy atom. The third kappa shape index (κ3) is 3.98. The van der Waals surface area contributed by atoms with E-state index in [1.807, 2.05) is 0 Å². The van der Waals surface area contributed by atoms with E-state index in [1.54, 1.807) is 9.80 Å². The van der Waals surface area contributed by atoms with Gasteiger partial charge >= 0.3 is 11.8 Å². The highest BCUT2D eigenvalue weighted by molar-refractivity contribution is 6.35. The number of nitrogens with zero attached hydrogens (tertiary/aromatic N) is 2. The molecule has 2 amide bonds. The number of amides is 2. The molecule has 22 heavy (non-hydrogen) atoms. The highest BCUT2D eigenvalue weighted by Crippen LogP contribution is 2.20. The van der Waals surface area contributed by atoms with Gasteiger partial charge in [0.2, 0.25) is 0 Å². The van der Waals surface area contributed by atoms with Crippen molar-refractivity contribution < 1.29 is 19.8 Å². The Labute approximate surface area is 132 Å². The van der Waals surface area contributed by atoms with E-state index in [9.17, 15) is 19.8 Å². The van der Waals surface area contributed by atoms with Crippen molar-refractivity contribution in [3.05, 3.63) is 0 Å². The molecule has 2 aliphatic rings. The number of aliphatic hydroxyl groups is 2.